The van der Waals surface area contributed by atoms with E-state index < -0.39 is 10.0 Å². The molecule has 0 aliphatic carbocycles. The molecule has 0 unspecified atom stereocenters. The highest BCUT2D eigenvalue weighted by Gasteiger charge is 2.15. The molecular weight excluding hydrogens is 394 g/mol. The average Bonchev–Trinajstić information content (AvgIpc) is 2.96. The van der Waals surface area contributed by atoms with Crippen LogP contribution < -0.4 is 9.46 Å². The summed E-state index contributed by atoms with van der Waals surface area (Å²) in [5.41, 5.74) is 1.53. The summed E-state index contributed by atoms with van der Waals surface area (Å²) < 4.78 is 36.7. The Hall–Kier alpha value is -2.60. The van der Waals surface area contributed by atoms with Crippen molar-refractivity contribution in [2.75, 3.05) is 4.72 Å². The first-order valence-corrected chi connectivity index (χ1v) is 9.95. The predicted molar refractivity (Wildman–Crippen MR) is 100 cm³/mol. The summed E-state index contributed by atoms with van der Waals surface area (Å²) in [6, 6.07) is 14.8. The van der Waals surface area contributed by atoms with E-state index in [9.17, 15) is 8.42 Å². The Kier molecular flexibility index (Phi) is 5.13. The van der Waals surface area contributed by atoms with Crippen molar-refractivity contribution in [1.82, 2.24) is 4.37 Å². The molecule has 0 saturated carbocycles. The molecule has 0 aliphatic rings. The Morgan fingerprint density at radius 3 is 2.42 bits per heavy atom. The van der Waals surface area contributed by atoms with E-state index in [0.717, 1.165) is 17.1 Å². The summed E-state index contributed by atoms with van der Waals surface area (Å²) in [6.07, 6.45) is 0. The molecule has 0 saturated heterocycles. The Morgan fingerprint density at radius 1 is 1.15 bits per heavy atom. The Morgan fingerprint density at radius 2 is 1.81 bits per heavy atom. The van der Waals surface area contributed by atoms with Crippen LogP contribution in [0.2, 0.25) is 5.15 Å². The van der Waals surface area contributed by atoms with Crippen molar-refractivity contribution in [2.45, 2.75) is 11.8 Å². The highest BCUT2D eigenvalue weighted by molar-refractivity contribution is 7.92. The predicted octanol–water partition coefficient (Wildman–Crippen LogP) is 4.57. The van der Waals surface area contributed by atoms with E-state index in [2.05, 4.69) is 9.10 Å². The zero-order valence-electron chi connectivity index (χ0n) is 13.4. The lowest BCUT2D eigenvalue weighted by molar-refractivity contribution is 0.495. The Bertz CT molecular complexity index is 1070. The van der Waals surface area contributed by atoms with Crippen LogP contribution in [0, 0.1) is 18.3 Å². The van der Waals surface area contributed by atoms with Crippen molar-refractivity contribution in [3.63, 3.8) is 0 Å². The SMILES string of the molecule is Cc1ccc(S(=O)(=O)Nc2ccc(Oc3snc(Cl)c3C#N)cc2)cc1. The normalized spacial score (nSPS) is 11.0. The van der Waals surface area contributed by atoms with Crippen LogP contribution in [0.25, 0.3) is 0 Å². The third-order valence-corrected chi connectivity index (χ3v) is 5.88. The molecule has 26 heavy (non-hydrogen) atoms. The largest absolute Gasteiger partial charge is 0.444 e. The smallest absolute Gasteiger partial charge is 0.261 e. The molecular formula is C17H12ClN3O3S2. The topological polar surface area (TPSA) is 92.1 Å². The van der Waals surface area contributed by atoms with Crippen molar-refractivity contribution in [1.29, 1.82) is 5.26 Å². The molecule has 6 nitrogen and oxygen atoms in total. The molecule has 3 aromatic rings. The van der Waals surface area contributed by atoms with Gasteiger partial charge < -0.3 is 4.74 Å². The standard InChI is InChI=1S/C17H12ClN3O3S2/c1-11-2-8-14(9-3-11)26(22,23)21-12-4-6-13(7-5-12)24-17-15(10-19)16(18)20-25-17/h2-9,21H,1H3. The van der Waals surface area contributed by atoms with Gasteiger partial charge in [0.05, 0.1) is 4.90 Å². The second-order valence-corrected chi connectivity index (χ2v) is 8.07. The lowest BCUT2D eigenvalue weighted by atomic mass is 10.2. The summed E-state index contributed by atoms with van der Waals surface area (Å²) in [5, 5.41) is 9.41. The van der Waals surface area contributed by atoms with Crippen LogP contribution in [0.3, 0.4) is 0 Å². The van der Waals surface area contributed by atoms with Crippen LogP contribution in [0.15, 0.2) is 53.4 Å². The molecule has 0 fully saturated rings. The minimum Gasteiger partial charge on any atom is -0.444 e. The lowest BCUT2D eigenvalue weighted by Gasteiger charge is -2.09. The number of aryl methyl sites for hydroxylation is 1. The number of nitrogens with zero attached hydrogens (tertiary/aromatic N) is 2. The molecule has 0 bridgehead atoms. The maximum Gasteiger partial charge on any atom is 0.261 e. The number of ether oxygens (including phenoxy) is 1. The van der Waals surface area contributed by atoms with Crippen LogP contribution in [0.1, 0.15) is 11.1 Å². The van der Waals surface area contributed by atoms with Gasteiger partial charge in [0, 0.05) is 17.2 Å². The first kappa shape index (κ1) is 18.2. The third-order valence-electron chi connectivity index (χ3n) is 3.38. The number of halogens is 1. The van der Waals surface area contributed by atoms with Gasteiger partial charge in [-0.2, -0.15) is 9.64 Å². The van der Waals surface area contributed by atoms with Crippen LogP contribution in [-0.4, -0.2) is 12.8 Å². The van der Waals surface area contributed by atoms with Crippen LogP contribution in [-0.2, 0) is 10.0 Å². The maximum absolute atomic E-state index is 12.4. The number of anilines is 1. The summed E-state index contributed by atoms with van der Waals surface area (Å²) >= 11 is 6.77. The number of aromatic nitrogens is 1. The molecule has 0 radical (unpaired) electrons. The quantitative estimate of drug-likeness (QED) is 0.671. The zero-order valence-corrected chi connectivity index (χ0v) is 15.8. The highest BCUT2D eigenvalue weighted by atomic mass is 35.5. The van der Waals surface area contributed by atoms with Crippen molar-refractivity contribution in [3.05, 3.63) is 64.8 Å². The van der Waals surface area contributed by atoms with E-state index in [1.54, 1.807) is 48.5 Å². The summed E-state index contributed by atoms with van der Waals surface area (Å²) in [5.74, 6) is 0.431. The van der Waals surface area contributed by atoms with Gasteiger partial charge in [-0.05, 0) is 43.3 Å². The number of sulfonamides is 1. The van der Waals surface area contributed by atoms with Gasteiger partial charge in [0.25, 0.3) is 10.0 Å². The highest BCUT2D eigenvalue weighted by Crippen LogP contribution is 2.34. The van der Waals surface area contributed by atoms with Crippen LogP contribution in [0.4, 0.5) is 5.69 Å². The summed E-state index contributed by atoms with van der Waals surface area (Å²) in [7, 11) is -3.67. The summed E-state index contributed by atoms with van der Waals surface area (Å²) in [4.78, 5) is 0.182. The van der Waals surface area contributed by atoms with Crippen molar-refractivity contribution < 1.29 is 13.2 Å². The Labute approximate surface area is 159 Å². The van der Waals surface area contributed by atoms with E-state index in [1.807, 2.05) is 13.0 Å². The minimum atomic E-state index is -3.67. The van der Waals surface area contributed by atoms with Crippen molar-refractivity contribution in [2.24, 2.45) is 0 Å². The minimum absolute atomic E-state index is 0.0926. The van der Waals surface area contributed by atoms with Gasteiger partial charge in [-0.25, -0.2) is 8.42 Å². The van der Waals surface area contributed by atoms with Gasteiger partial charge in [-0.1, -0.05) is 29.3 Å². The Balaban J connectivity index is 1.75. The van der Waals surface area contributed by atoms with Crippen LogP contribution >= 0.6 is 23.1 Å². The monoisotopic (exact) mass is 405 g/mol. The van der Waals surface area contributed by atoms with Gasteiger partial charge >= 0.3 is 0 Å². The number of hydrogen-bond acceptors (Lipinski definition) is 6. The first-order chi connectivity index (χ1) is 12.4. The molecule has 132 valence electrons. The van der Waals surface area contributed by atoms with E-state index in [0.29, 0.717) is 11.4 Å². The maximum atomic E-state index is 12.4. The van der Waals surface area contributed by atoms with Crippen molar-refractivity contribution >= 4 is 38.8 Å². The van der Waals surface area contributed by atoms with Gasteiger partial charge in [0.1, 0.15) is 17.4 Å². The van der Waals surface area contributed by atoms with Gasteiger partial charge in [0.2, 0.25) is 5.06 Å². The number of hydrogen-bond donors (Lipinski definition) is 1. The molecule has 0 spiro atoms. The molecule has 0 atom stereocenters. The number of benzene rings is 2. The van der Waals surface area contributed by atoms with Gasteiger partial charge in [0.15, 0.2) is 5.15 Å². The fourth-order valence-electron chi connectivity index (χ4n) is 2.05. The lowest BCUT2D eigenvalue weighted by Crippen LogP contribution is -2.12. The third kappa shape index (κ3) is 3.96. The molecule has 1 heterocycles. The number of nitrogens with one attached hydrogen (secondary N) is 1. The zero-order chi connectivity index (χ0) is 18.7. The molecule has 1 aromatic heterocycles. The fourth-order valence-corrected chi connectivity index (χ4v) is 4.02. The molecule has 9 heteroatoms. The number of rotatable bonds is 5. The fraction of sp³-hybridized carbons (Fsp3) is 0.0588. The molecule has 2 aromatic carbocycles. The van der Waals surface area contributed by atoms with E-state index >= 15 is 0 Å². The molecule has 1 N–H and O–H groups in total. The van der Waals surface area contributed by atoms with E-state index in [4.69, 9.17) is 21.6 Å². The molecule has 3 rings (SSSR count). The number of nitriles is 1. The first-order valence-electron chi connectivity index (χ1n) is 7.32. The van der Waals surface area contributed by atoms with Crippen molar-refractivity contribution in [3.8, 4) is 16.9 Å². The molecule has 0 amide bonds. The second-order valence-electron chi connectivity index (χ2n) is 5.29. The average molecular weight is 406 g/mol. The van der Waals surface area contributed by atoms with Gasteiger partial charge in [-0.15, -0.1) is 0 Å². The van der Waals surface area contributed by atoms with E-state index in [1.165, 1.54) is 0 Å². The molecule has 0 aliphatic heterocycles. The van der Waals surface area contributed by atoms with E-state index in [-0.39, 0.29) is 20.7 Å². The second kappa shape index (κ2) is 7.33. The van der Waals surface area contributed by atoms with Gasteiger partial charge in [-0.3, -0.25) is 4.72 Å². The summed E-state index contributed by atoms with van der Waals surface area (Å²) in [6.45, 7) is 1.89. The van der Waals surface area contributed by atoms with Crippen LogP contribution in [0.5, 0.6) is 10.8 Å².